The third-order valence-corrected chi connectivity index (χ3v) is 4.01. The number of anilines is 1. The minimum Gasteiger partial charge on any atom is -0.378 e. The van der Waals surface area contributed by atoms with E-state index in [-0.39, 0.29) is 12.1 Å². The maximum absolute atomic E-state index is 12.2. The van der Waals surface area contributed by atoms with E-state index in [1.807, 2.05) is 41.8 Å². The molecule has 0 aliphatic carbocycles. The van der Waals surface area contributed by atoms with Gasteiger partial charge in [0.25, 0.3) is 0 Å². The number of fused-ring (bicyclic) bond motifs is 1. The second-order valence-electron chi connectivity index (χ2n) is 5.22. The summed E-state index contributed by atoms with van der Waals surface area (Å²) in [6.45, 7) is 4.40. The lowest BCUT2D eigenvalue weighted by atomic mass is 10.1. The van der Waals surface area contributed by atoms with Crippen molar-refractivity contribution < 1.29 is 9.90 Å². The summed E-state index contributed by atoms with van der Waals surface area (Å²) < 4.78 is 0. The van der Waals surface area contributed by atoms with E-state index in [4.69, 9.17) is 0 Å². The van der Waals surface area contributed by atoms with Crippen LogP contribution in [-0.2, 0) is 4.79 Å². The van der Waals surface area contributed by atoms with Gasteiger partial charge in [-0.25, -0.2) is 4.90 Å². The van der Waals surface area contributed by atoms with Crippen LogP contribution >= 0.6 is 0 Å². The van der Waals surface area contributed by atoms with Crippen LogP contribution in [0.2, 0.25) is 0 Å². The summed E-state index contributed by atoms with van der Waals surface area (Å²) in [5, 5.41) is 9.87. The fraction of sp³-hybridized carbons (Fsp3) is 0.500. The number of benzene rings is 1. The van der Waals surface area contributed by atoms with Crippen LogP contribution in [0.15, 0.2) is 18.2 Å². The van der Waals surface area contributed by atoms with Crippen LogP contribution < -0.4 is 4.90 Å². The van der Waals surface area contributed by atoms with Gasteiger partial charge in [-0.05, 0) is 37.8 Å². The molecular weight excluding hydrogens is 228 g/mol. The smallest absolute Gasteiger partial charge is 0.242 e. The number of aryl methyl sites for hydroxylation is 2. The summed E-state index contributed by atoms with van der Waals surface area (Å²) in [7, 11) is 0. The summed E-state index contributed by atoms with van der Waals surface area (Å²) in [6.07, 6.45) is 1.17. The van der Waals surface area contributed by atoms with E-state index in [2.05, 4.69) is 0 Å². The van der Waals surface area contributed by atoms with Crippen LogP contribution in [0, 0.1) is 13.8 Å². The predicted molar refractivity (Wildman–Crippen MR) is 69.1 cm³/mol. The molecule has 2 fully saturated rings. The van der Waals surface area contributed by atoms with Gasteiger partial charge in [0, 0.05) is 0 Å². The molecule has 0 saturated carbocycles. The Bertz CT molecular complexity index is 480. The number of nitrogens with zero attached hydrogens (tertiary/aromatic N) is 2. The number of carbonyl (C=O) groups excluding carboxylic acids is 1. The average Bonchev–Trinajstić information content (AvgIpc) is 2.81. The molecular formula is C14H18N2O2. The van der Waals surface area contributed by atoms with E-state index in [0.717, 1.165) is 29.7 Å². The Hall–Kier alpha value is -1.39. The zero-order valence-corrected chi connectivity index (χ0v) is 10.8. The fourth-order valence-electron chi connectivity index (χ4n) is 3.17. The average molecular weight is 246 g/mol. The number of carbonyl (C=O) groups is 1. The van der Waals surface area contributed by atoms with E-state index in [0.29, 0.717) is 6.54 Å². The molecule has 0 radical (unpaired) electrons. The lowest BCUT2D eigenvalue weighted by Gasteiger charge is -2.27. The largest absolute Gasteiger partial charge is 0.378 e. The molecule has 2 unspecified atom stereocenters. The fourth-order valence-corrected chi connectivity index (χ4v) is 3.17. The molecule has 0 aromatic heterocycles. The maximum Gasteiger partial charge on any atom is 0.242 e. The van der Waals surface area contributed by atoms with Gasteiger partial charge >= 0.3 is 0 Å². The summed E-state index contributed by atoms with van der Waals surface area (Å²) in [6, 6.07) is 6.07. The molecule has 1 N–H and O–H groups in total. The molecule has 0 bridgehead atoms. The van der Waals surface area contributed by atoms with Crippen molar-refractivity contribution in [2.75, 3.05) is 11.4 Å². The van der Waals surface area contributed by atoms with Crippen LogP contribution in [0.1, 0.15) is 24.0 Å². The van der Waals surface area contributed by atoms with Crippen LogP contribution in [0.3, 0.4) is 0 Å². The van der Waals surface area contributed by atoms with Gasteiger partial charge in [0.05, 0.1) is 18.4 Å². The zero-order chi connectivity index (χ0) is 12.9. The second kappa shape index (κ2) is 4.07. The third-order valence-electron chi connectivity index (χ3n) is 4.01. The van der Waals surface area contributed by atoms with Crippen LogP contribution in [0.25, 0.3) is 0 Å². The van der Waals surface area contributed by atoms with Crippen LogP contribution in [0.5, 0.6) is 0 Å². The summed E-state index contributed by atoms with van der Waals surface area (Å²) in [5.74, 6) is 0.0937. The Morgan fingerprint density at radius 1 is 1.22 bits per heavy atom. The van der Waals surface area contributed by atoms with E-state index >= 15 is 0 Å². The zero-order valence-electron chi connectivity index (χ0n) is 10.8. The SMILES string of the molecule is Cc1cccc(C)c1N1C(=O)CN2C(O)CCC12. The first-order chi connectivity index (χ1) is 8.59. The number of aliphatic hydroxyl groups is 1. The van der Waals surface area contributed by atoms with Crippen molar-refractivity contribution in [1.82, 2.24) is 4.90 Å². The van der Waals surface area contributed by atoms with Gasteiger partial charge in [-0.1, -0.05) is 18.2 Å². The third kappa shape index (κ3) is 1.56. The van der Waals surface area contributed by atoms with Gasteiger partial charge in [-0.2, -0.15) is 0 Å². The van der Waals surface area contributed by atoms with E-state index in [1.165, 1.54) is 0 Å². The summed E-state index contributed by atoms with van der Waals surface area (Å²) in [4.78, 5) is 16.0. The molecule has 2 aliphatic heterocycles. The first-order valence-electron chi connectivity index (χ1n) is 6.41. The number of aliphatic hydroxyl groups excluding tert-OH is 1. The van der Waals surface area contributed by atoms with Crippen molar-refractivity contribution in [2.24, 2.45) is 0 Å². The van der Waals surface area contributed by atoms with Crippen molar-refractivity contribution in [3.63, 3.8) is 0 Å². The highest BCUT2D eigenvalue weighted by Gasteiger charge is 2.46. The lowest BCUT2D eigenvalue weighted by molar-refractivity contribution is -0.117. The summed E-state index contributed by atoms with van der Waals surface area (Å²) in [5.41, 5.74) is 3.25. The van der Waals surface area contributed by atoms with E-state index in [9.17, 15) is 9.90 Å². The Labute approximate surface area is 107 Å². The highest BCUT2D eigenvalue weighted by atomic mass is 16.3. The number of amides is 1. The molecule has 2 atom stereocenters. The van der Waals surface area contributed by atoms with Crippen LogP contribution in [0.4, 0.5) is 5.69 Å². The van der Waals surface area contributed by atoms with Crippen molar-refractivity contribution >= 4 is 11.6 Å². The quantitative estimate of drug-likeness (QED) is 0.814. The van der Waals surface area contributed by atoms with Gasteiger partial charge in [-0.15, -0.1) is 0 Å². The molecule has 18 heavy (non-hydrogen) atoms. The first-order valence-corrected chi connectivity index (χ1v) is 6.41. The van der Waals surface area contributed by atoms with E-state index in [1.54, 1.807) is 0 Å². The van der Waals surface area contributed by atoms with Crippen molar-refractivity contribution in [2.45, 2.75) is 39.1 Å². The lowest BCUT2D eigenvalue weighted by Crippen LogP contribution is -2.38. The number of rotatable bonds is 1. The van der Waals surface area contributed by atoms with Gasteiger partial charge in [0.2, 0.25) is 5.91 Å². The van der Waals surface area contributed by atoms with Gasteiger partial charge in [0.1, 0.15) is 6.23 Å². The monoisotopic (exact) mass is 246 g/mol. The molecule has 2 heterocycles. The summed E-state index contributed by atoms with van der Waals surface area (Å²) >= 11 is 0. The van der Waals surface area contributed by atoms with Crippen molar-refractivity contribution in [1.29, 1.82) is 0 Å². The highest BCUT2D eigenvalue weighted by Crippen LogP contribution is 2.36. The number of para-hydroxylation sites is 1. The highest BCUT2D eigenvalue weighted by molar-refractivity contribution is 5.99. The topological polar surface area (TPSA) is 43.8 Å². The van der Waals surface area contributed by atoms with Gasteiger partial charge in [-0.3, -0.25) is 9.69 Å². The molecule has 1 aromatic carbocycles. The van der Waals surface area contributed by atoms with Gasteiger partial charge in [0.15, 0.2) is 0 Å². The Balaban J connectivity index is 2.04. The molecule has 2 aliphatic rings. The first kappa shape index (κ1) is 11.7. The standard InChI is InChI=1S/C14H18N2O2/c1-9-4-3-5-10(2)14(9)16-11-6-7-12(17)15(11)8-13(16)18/h3-5,11-12,17H,6-8H2,1-2H3. The molecule has 96 valence electrons. The Morgan fingerprint density at radius 3 is 2.56 bits per heavy atom. The maximum atomic E-state index is 12.2. The molecule has 4 heteroatoms. The molecule has 4 nitrogen and oxygen atoms in total. The molecule has 1 aromatic rings. The number of hydrogen-bond donors (Lipinski definition) is 1. The van der Waals surface area contributed by atoms with Gasteiger partial charge < -0.3 is 5.11 Å². The minimum absolute atomic E-state index is 0.0345. The Kier molecular flexibility index (Phi) is 2.64. The molecule has 3 rings (SSSR count). The van der Waals surface area contributed by atoms with Crippen molar-refractivity contribution in [3.05, 3.63) is 29.3 Å². The predicted octanol–water partition coefficient (Wildman–Crippen LogP) is 1.39. The van der Waals surface area contributed by atoms with Crippen molar-refractivity contribution in [3.8, 4) is 0 Å². The Morgan fingerprint density at radius 2 is 1.89 bits per heavy atom. The van der Waals surface area contributed by atoms with Crippen LogP contribution in [-0.4, -0.2) is 34.9 Å². The minimum atomic E-state index is -0.465. The second-order valence-corrected chi connectivity index (χ2v) is 5.22. The molecule has 0 spiro atoms. The number of hydrogen-bond acceptors (Lipinski definition) is 3. The van der Waals surface area contributed by atoms with E-state index < -0.39 is 6.23 Å². The normalized spacial score (nSPS) is 27.9. The molecule has 1 amide bonds. The molecule has 2 saturated heterocycles.